The molecule has 2 aromatic heterocycles. The zero-order valence-electron chi connectivity index (χ0n) is 13.4. The van der Waals surface area contributed by atoms with E-state index in [0.717, 1.165) is 18.4 Å². The molecule has 2 fully saturated rings. The van der Waals surface area contributed by atoms with Crippen LogP contribution in [0.1, 0.15) is 31.2 Å². The summed E-state index contributed by atoms with van der Waals surface area (Å²) in [6.07, 6.45) is 7.77. The highest BCUT2D eigenvalue weighted by atomic mass is 35.5. The molecule has 2 aliphatic rings. The first-order chi connectivity index (χ1) is 11.7. The minimum atomic E-state index is 0.187. The topological polar surface area (TPSA) is 69.2 Å². The second-order valence-corrected chi connectivity index (χ2v) is 6.71. The monoisotopic (exact) mass is 346 g/mol. The van der Waals surface area contributed by atoms with E-state index in [1.54, 1.807) is 18.3 Å². The first-order valence-electron chi connectivity index (χ1n) is 8.21. The van der Waals surface area contributed by atoms with Crippen molar-refractivity contribution in [1.29, 1.82) is 0 Å². The highest BCUT2D eigenvalue weighted by Gasteiger charge is 2.35. The van der Waals surface area contributed by atoms with Crippen molar-refractivity contribution in [2.45, 2.75) is 50.8 Å². The number of ether oxygens (including phenoxy) is 2. The fourth-order valence-electron chi connectivity index (χ4n) is 3.45. The van der Waals surface area contributed by atoms with Gasteiger partial charge in [-0.25, -0.2) is 15.0 Å². The summed E-state index contributed by atoms with van der Waals surface area (Å²) in [6.45, 7) is 1.89. The van der Waals surface area contributed by atoms with Gasteiger partial charge in [0.25, 0.3) is 0 Å². The van der Waals surface area contributed by atoms with E-state index in [9.17, 15) is 0 Å². The molecule has 7 heteroatoms. The van der Waals surface area contributed by atoms with E-state index in [2.05, 4.69) is 20.3 Å². The van der Waals surface area contributed by atoms with Crippen molar-refractivity contribution in [2.75, 3.05) is 0 Å². The van der Waals surface area contributed by atoms with Crippen molar-refractivity contribution < 1.29 is 9.47 Å². The normalized spacial score (nSPS) is 25.5. The van der Waals surface area contributed by atoms with E-state index in [-0.39, 0.29) is 6.10 Å². The van der Waals surface area contributed by atoms with E-state index < -0.39 is 0 Å². The molecule has 0 saturated carbocycles. The number of aromatic nitrogens is 3. The van der Waals surface area contributed by atoms with E-state index in [0.29, 0.717) is 34.7 Å². The van der Waals surface area contributed by atoms with E-state index in [4.69, 9.17) is 21.1 Å². The fourth-order valence-corrected chi connectivity index (χ4v) is 3.61. The van der Waals surface area contributed by atoms with E-state index in [1.165, 1.54) is 19.2 Å². The molecule has 2 aromatic rings. The molecule has 24 heavy (non-hydrogen) atoms. The van der Waals surface area contributed by atoms with Crippen LogP contribution < -0.4 is 14.8 Å². The number of hydrogen-bond acceptors (Lipinski definition) is 6. The number of fused-ring (bicyclic) bond motifs is 2. The van der Waals surface area contributed by atoms with Crippen LogP contribution in [0.5, 0.6) is 17.5 Å². The van der Waals surface area contributed by atoms with Crippen molar-refractivity contribution in [3.8, 4) is 17.5 Å². The molecule has 4 rings (SSSR count). The predicted molar refractivity (Wildman–Crippen MR) is 89.7 cm³/mol. The van der Waals surface area contributed by atoms with Gasteiger partial charge < -0.3 is 14.8 Å². The molecule has 126 valence electrons. The summed E-state index contributed by atoms with van der Waals surface area (Å²) in [4.78, 5) is 12.5. The molecule has 4 heterocycles. The Labute approximate surface area is 145 Å². The van der Waals surface area contributed by atoms with E-state index >= 15 is 0 Å². The third-order valence-corrected chi connectivity index (χ3v) is 4.92. The summed E-state index contributed by atoms with van der Waals surface area (Å²) >= 11 is 6.04. The highest BCUT2D eigenvalue weighted by Crippen LogP contribution is 2.33. The van der Waals surface area contributed by atoms with Gasteiger partial charge in [-0.3, -0.25) is 0 Å². The van der Waals surface area contributed by atoms with Gasteiger partial charge in [0.1, 0.15) is 12.4 Å². The van der Waals surface area contributed by atoms with Crippen LogP contribution in [-0.4, -0.2) is 33.1 Å². The number of halogens is 1. The number of rotatable bonds is 4. The number of piperidine rings is 1. The Kier molecular flexibility index (Phi) is 4.24. The Morgan fingerprint density at radius 3 is 2.62 bits per heavy atom. The summed E-state index contributed by atoms with van der Waals surface area (Å²) < 4.78 is 11.9. The van der Waals surface area contributed by atoms with Gasteiger partial charge in [-0.2, -0.15) is 0 Å². The maximum absolute atomic E-state index is 6.16. The molecular weight excluding hydrogens is 328 g/mol. The second kappa shape index (κ2) is 6.53. The van der Waals surface area contributed by atoms with Crippen molar-refractivity contribution >= 4 is 11.6 Å². The molecule has 2 saturated heterocycles. The summed E-state index contributed by atoms with van der Waals surface area (Å²) in [7, 11) is 0. The van der Waals surface area contributed by atoms with Crippen LogP contribution in [0.4, 0.5) is 0 Å². The number of pyridine rings is 1. The van der Waals surface area contributed by atoms with E-state index in [1.807, 2.05) is 6.92 Å². The lowest BCUT2D eigenvalue weighted by Crippen LogP contribution is -2.42. The van der Waals surface area contributed by atoms with Gasteiger partial charge in [-0.15, -0.1) is 0 Å². The lowest BCUT2D eigenvalue weighted by molar-refractivity contribution is 0.130. The molecule has 2 atom stereocenters. The Morgan fingerprint density at radius 1 is 1.12 bits per heavy atom. The smallest absolute Gasteiger partial charge is 0.229 e. The average molecular weight is 347 g/mol. The maximum atomic E-state index is 6.16. The lowest BCUT2D eigenvalue weighted by atomic mass is 10.0. The molecule has 6 nitrogen and oxygen atoms in total. The third kappa shape index (κ3) is 3.16. The Balaban J connectivity index is 1.51. The Hall–Kier alpha value is -1.92. The average Bonchev–Trinajstić information content (AvgIpc) is 2.92. The molecule has 0 spiro atoms. The Morgan fingerprint density at radius 2 is 1.88 bits per heavy atom. The van der Waals surface area contributed by atoms with Crippen LogP contribution in [-0.2, 0) is 0 Å². The molecule has 2 aliphatic heterocycles. The maximum Gasteiger partial charge on any atom is 0.229 e. The van der Waals surface area contributed by atoms with Crippen LogP contribution in [0.25, 0.3) is 0 Å². The Bertz CT molecular complexity index is 730. The lowest BCUT2D eigenvalue weighted by Gasteiger charge is -2.29. The van der Waals surface area contributed by atoms with Crippen LogP contribution in [0, 0.1) is 6.92 Å². The first kappa shape index (κ1) is 15.6. The summed E-state index contributed by atoms with van der Waals surface area (Å²) in [5.74, 6) is 1.48. The summed E-state index contributed by atoms with van der Waals surface area (Å²) in [5.41, 5.74) is 0.767. The van der Waals surface area contributed by atoms with Gasteiger partial charge in [0, 0.05) is 18.3 Å². The molecular formula is C17H19ClN4O2. The molecule has 0 aromatic carbocycles. The second-order valence-electron chi connectivity index (χ2n) is 6.35. The van der Waals surface area contributed by atoms with Crippen molar-refractivity contribution in [1.82, 2.24) is 20.3 Å². The van der Waals surface area contributed by atoms with Crippen LogP contribution in [0.3, 0.4) is 0 Å². The van der Waals surface area contributed by atoms with Crippen LogP contribution in [0.2, 0.25) is 5.15 Å². The van der Waals surface area contributed by atoms with Crippen LogP contribution in [0.15, 0.2) is 24.7 Å². The highest BCUT2D eigenvalue weighted by molar-refractivity contribution is 6.30. The molecule has 0 radical (unpaired) electrons. The predicted octanol–water partition coefficient (Wildman–Crippen LogP) is 3.29. The van der Waals surface area contributed by atoms with Gasteiger partial charge in [-0.1, -0.05) is 11.6 Å². The SMILES string of the molecule is Cc1c(Oc2cccnc2Cl)ncnc1OC1CC2CCC(C1)N2. The fraction of sp³-hybridized carbons (Fsp3) is 0.471. The van der Waals surface area contributed by atoms with Crippen LogP contribution >= 0.6 is 11.6 Å². The molecule has 2 bridgehead atoms. The molecule has 0 aliphatic carbocycles. The zero-order valence-corrected chi connectivity index (χ0v) is 14.2. The minimum absolute atomic E-state index is 0.187. The van der Waals surface area contributed by atoms with Crippen molar-refractivity contribution in [3.63, 3.8) is 0 Å². The van der Waals surface area contributed by atoms with Crippen molar-refractivity contribution in [3.05, 3.63) is 35.4 Å². The number of hydrogen-bond donors (Lipinski definition) is 1. The van der Waals surface area contributed by atoms with Crippen molar-refractivity contribution in [2.24, 2.45) is 0 Å². The largest absolute Gasteiger partial charge is 0.474 e. The molecule has 0 amide bonds. The number of nitrogens with one attached hydrogen (secondary N) is 1. The minimum Gasteiger partial charge on any atom is -0.474 e. The van der Waals surface area contributed by atoms with Gasteiger partial charge in [0.05, 0.1) is 5.56 Å². The van der Waals surface area contributed by atoms with Gasteiger partial charge >= 0.3 is 0 Å². The summed E-state index contributed by atoms with van der Waals surface area (Å²) in [5, 5.41) is 3.91. The molecule has 2 unspecified atom stereocenters. The number of nitrogens with zero attached hydrogens (tertiary/aromatic N) is 3. The quantitative estimate of drug-likeness (QED) is 0.857. The van der Waals surface area contributed by atoms with Gasteiger partial charge in [-0.05, 0) is 44.7 Å². The summed E-state index contributed by atoms with van der Waals surface area (Å²) in [6, 6.07) is 4.66. The van der Waals surface area contributed by atoms with Gasteiger partial charge in [0.2, 0.25) is 11.8 Å². The first-order valence-corrected chi connectivity index (χ1v) is 8.59. The van der Waals surface area contributed by atoms with Gasteiger partial charge in [0.15, 0.2) is 10.9 Å². The standard InChI is InChI=1S/C17H19ClN4O2/c1-10-16(23-13-7-11-4-5-12(8-13)22-11)20-9-21-17(10)24-14-3-2-6-19-15(14)18/h2-3,6,9,11-13,22H,4-5,7-8H2,1H3. The third-order valence-electron chi connectivity index (χ3n) is 4.63. The molecule has 1 N–H and O–H groups in total. The zero-order chi connectivity index (χ0) is 16.5.